The smallest absolute Gasteiger partial charge is 0.326 e. The third kappa shape index (κ3) is 4.88. The minimum Gasteiger partial charge on any atom is -0.480 e. The van der Waals surface area contributed by atoms with Gasteiger partial charge in [-0.25, -0.2) is 4.79 Å². The summed E-state index contributed by atoms with van der Waals surface area (Å²) < 4.78 is 0. The van der Waals surface area contributed by atoms with Crippen LogP contribution in [0.3, 0.4) is 0 Å². The number of hydrogen-bond acceptors (Lipinski definition) is 2. The van der Waals surface area contributed by atoms with Crippen molar-refractivity contribution in [1.29, 1.82) is 0 Å². The highest BCUT2D eigenvalue weighted by molar-refractivity contribution is 5.83. The molecule has 1 aromatic rings. The van der Waals surface area contributed by atoms with Gasteiger partial charge in [0.25, 0.3) is 0 Å². The molecule has 0 heterocycles. The van der Waals surface area contributed by atoms with Crippen LogP contribution in [0.4, 0.5) is 0 Å². The van der Waals surface area contributed by atoms with Gasteiger partial charge in [-0.2, -0.15) is 0 Å². The average molecular weight is 289 g/mol. The number of benzene rings is 1. The van der Waals surface area contributed by atoms with Crippen LogP contribution in [0.15, 0.2) is 24.3 Å². The Labute approximate surface area is 125 Å². The molecule has 0 radical (unpaired) electrons. The molecule has 21 heavy (non-hydrogen) atoms. The summed E-state index contributed by atoms with van der Waals surface area (Å²) in [7, 11) is 0. The fourth-order valence-corrected chi connectivity index (χ4v) is 2.89. The number of carboxylic acid groups (broad SMARTS) is 1. The summed E-state index contributed by atoms with van der Waals surface area (Å²) in [5.41, 5.74) is 2.06. The second kappa shape index (κ2) is 7.25. The second-order valence-corrected chi connectivity index (χ2v) is 6.00. The summed E-state index contributed by atoms with van der Waals surface area (Å²) in [6.07, 6.45) is 5.32. The zero-order valence-corrected chi connectivity index (χ0v) is 12.5. The van der Waals surface area contributed by atoms with Crippen molar-refractivity contribution in [2.75, 3.05) is 0 Å². The summed E-state index contributed by atoms with van der Waals surface area (Å²) in [6, 6.07) is 6.88. The molecule has 0 bridgehead atoms. The monoisotopic (exact) mass is 289 g/mol. The number of carboxylic acids is 1. The molecule has 4 nitrogen and oxygen atoms in total. The number of aryl methyl sites for hydroxylation is 1. The number of rotatable bonds is 6. The van der Waals surface area contributed by atoms with Crippen LogP contribution in [0.2, 0.25) is 0 Å². The molecular weight excluding hydrogens is 266 g/mol. The molecule has 1 aliphatic rings. The lowest BCUT2D eigenvalue weighted by Crippen LogP contribution is -2.42. The van der Waals surface area contributed by atoms with E-state index < -0.39 is 12.0 Å². The third-order valence-electron chi connectivity index (χ3n) is 4.14. The van der Waals surface area contributed by atoms with Crippen molar-refractivity contribution in [2.45, 2.75) is 51.5 Å². The fraction of sp³-hybridized carbons (Fsp3) is 0.529. The summed E-state index contributed by atoms with van der Waals surface area (Å²) >= 11 is 0. The van der Waals surface area contributed by atoms with E-state index in [0.717, 1.165) is 24.0 Å². The molecule has 2 N–H and O–H groups in total. The van der Waals surface area contributed by atoms with Crippen molar-refractivity contribution >= 4 is 11.9 Å². The first-order valence-corrected chi connectivity index (χ1v) is 7.62. The summed E-state index contributed by atoms with van der Waals surface area (Å²) in [5.74, 6) is -0.685. The lowest BCUT2D eigenvalue weighted by atomic mass is 10.0. The highest BCUT2D eigenvalue weighted by Gasteiger charge is 2.23. The highest BCUT2D eigenvalue weighted by Crippen LogP contribution is 2.27. The van der Waals surface area contributed by atoms with Crippen LogP contribution in [0.5, 0.6) is 0 Å². The predicted octanol–water partition coefficient (Wildman–Crippen LogP) is 2.69. The number of carbonyl (C=O) groups excluding carboxylic acids is 1. The van der Waals surface area contributed by atoms with Crippen LogP contribution < -0.4 is 5.32 Å². The molecule has 1 aromatic carbocycles. The highest BCUT2D eigenvalue weighted by atomic mass is 16.4. The Morgan fingerprint density at radius 3 is 2.43 bits per heavy atom. The van der Waals surface area contributed by atoms with Crippen molar-refractivity contribution in [3.8, 4) is 0 Å². The summed E-state index contributed by atoms with van der Waals surface area (Å²) in [4.78, 5) is 23.3. The van der Waals surface area contributed by atoms with Crippen LogP contribution in [0.25, 0.3) is 0 Å². The molecule has 1 aliphatic carbocycles. The molecule has 0 saturated heterocycles. The Morgan fingerprint density at radius 1 is 1.24 bits per heavy atom. The maximum atomic E-state index is 12.0. The van der Waals surface area contributed by atoms with Gasteiger partial charge in [0.2, 0.25) is 5.91 Å². The zero-order chi connectivity index (χ0) is 15.2. The van der Waals surface area contributed by atoms with E-state index >= 15 is 0 Å². The number of amides is 1. The summed E-state index contributed by atoms with van der Waals surface area (Å²) in [6.45, 7) is 1.99. The van der Waals surface area contributed by atoms with Crippen molar-refractivity contribution < 1.29 is 14.7 Å². The van der Waals surface area contributed by atoms with E-state index in [-0.39, 0.29) is 5.91 Å². The SMILES string of the molecule is Cc1ccc(C[C@H](NC(=O)CC2CCCC2)C(=O)O)cc1. The lowest BCUT2D eigenvalue weighted by Gasteiger charge is -2.16. The first-order chi connectivity index (χ1) is 10.0. The first kappa shape index (κ1) is 15.5. The molecule has 4 heteroatoms. The number of aliphatic carboxylic acids is 1. The molecular formula is C17H23NO3. The van der Waals surface area contributed by atoms with Gasteiger partial charge >= 0.3 is 5.97 Å². The topological polar surface area (TPSA) is 66.4 Å². The lowest BCUT2D eigenvalue weighted by molar-refractivity contribution is -0.141. The van der Waals surface area contributed by atoms with Gasteiger partial charge in [-0.1, -0.05) is 42.7 Å². The molecule has 0 unspecified atom stereocenters. The van der Waals surface area contributed by atoms with Gasteiger partial charge in [0.05, 0.1) is 0 Å². The molecule has 2 rings (SSSR count). The van der Waals surface area contributed by atoms with Crippen molar-refractivity contribution in [3.05, 3.63) is 35.4 Å². The van der Waals surface area contributed by atoms with Crippen LogP contribution in [0, 0.1) is 12.8 Å². The van der Waals surface area contributed by atoms with Crippen LogP contribution >= 0.6 is 0 Å². The van der Waals surface area contributed by atoms with Crippen LogP contribution in [-0.2, 0) is 16.0 Å². The van der Waals surface area contributed by atoms with E-state index in [1.54, 1.807) is 0 Å². The van der Waals surface area contributed by atoms with Gasteiger partial charge in [0.1, 0.15) is 6.04 Å². The van der Waals surface area contributed by atoms with E-state index in [4.69, 9.17) is 0 Å². The van der Waals surface area contributed by atoms with E-state index in [1.807, 2.05) is 31.2 Å². The Hall–Kier alpha value is -1.84. The molecule has 1 amide bonds. The second-order valence-electron chi connectivity index (χ2n) is 6.00. The maximum Gasteiger partial charge on any atom is 0.326 e. The van der Waals surface area contributed by atoms with E-state index in [0.29, 0.717) is 18.8 Å². The van der Waals surface area contributed by atoms with Gasteiger partial charge < -0.3 is 10.4 Å². The van der Waals surface area contributed by atoms with E-state index in [2.05, 4.69) is 5.32 Å². The van der Waals surface area contributed by atoms with Crippen molar-refractivity contribution in [2.24, 2.45) is 5.92 Å². The average Bonchev–Trinajstić information content (AvgIpc) is 2.93. The number of nitrogens with one attached hydrogen (secondary N) is 1. The molecule has 1 saturated carbocycles. The number of hydrogen-bond donors (Lipinski definition) is 2. The molecule has 0 aliphatic heterocycles. The molecule has 1 atom stereocenters. The van der Waals surface area contributed by atoms with Crippen LogP contribution in [-0.4, -0.2) is 23.0 Å². The van der Waals surface area contributed by atoms with E-state index in [1.165, 1.54) is 12.8 Å². The summed E-state index contributed by atoms with van der Waals surface area (Å²) in [5, 5.41) is 12.0. The molecule has 0 spiro atoms. The van der Waals surface area contributed by atoms with Gasteiger partial charge in [0, 0.05) is 12.8 Å². The largest absolute Gasteiger partial charge is 0.480 e. The van der Waals surface area contributed by atoms with Crippen molar-refractivity contribution in [3.63, 3.8) is 0 Å². The fourth-order valence-electron chi connectivity index (χ4n) is 2.89. The molecule has 114 valence electrons. The minimum atomic E-state index is -0.977. The van der Waals surface area contributed by atoms with Gasteiger partial charge in [0.15, 0.2) is 0 Å². The third-order valence-corrected chi connectivity index (χ3v) is 4.14. The quantitative estimate of drug-likeness (QED) is 0.846. The Bertz CT molecular complexity index is 489. The Balaban J connectivity index is 1.90. The molecule has 1 fully saturated rings. The maximum absolute atomic E-state index is 12.0. The minimum absolute atomic E-state index is 0.138. The van der Waals surface area contributed by atoms with Gasteiger partial charge in [-0.05, 0) is 31.2 Å². The Kier molecular flexibility index (Phi) is 5.37. The van der Waals surface area contributed by atoms with Crippen molar-refractivity contribution in [1.82, 2.24) is 5.32 Å². The number of carbonyl (C=O) groups is 2. The van der Waals surface area contributed by atoms with Gasteiger partial charge in [-0.15, -0.1) is 0 Å². The zero-order valence-electron chi connectivity index (χ0n) is 12.5. The predicted molar refractivity (Wildman–Crippen MR) is 81.0 cm³/mol. The van der Waals surface area contributed by atoms with Crippen LogP contribution in [0.1, 0.15) is 43.2 Å². The normalized spacial score (nSPS) is 16.6. The van der Waals surface area contributed by atoms with E-state index in [9.17, 15) is 14.7 Å². The van der Waals surface area contributed by atoms with Gasteiger partial charge in [-0.3, -0.25) is 4.79 Å². The Morgan fingerprint density at radius 2 is 1.86 bits per heavy atom. The standard InChI is InChI=1S/C17H23NO3/c1-12-6-8-14(9-7-12)10-15(17(20)21)18-16(19)11-13-4-2-3-5-13/h6-9,13,15H,2-5,10-11H2,1H3,(H,18,19)(H,20,21)/t15-/m0/s1. The molecule has 0 aromatic heterocycles. The first-order valence-electron chi connectivity index (χ1n) is 7.62.